The molecule has 1 nitrogen and oxygen atoms in total. The third-order valence-electron chi connectivity index (χ3n) is 4.04. The van der Waals surface area contributed by atoms with E-state index in [0.717, 1.165) is 30.5 Å². The Morgan fingerprint density at radius 2 is 1.94 bits per heavy atom. The Morgan fingerprint density at radius 3 is 2.50 bits per heavy atom. The summed E-state index contributed by atoms with van der Waals surface area (Å²) in [6.07, 6.45) is 5.17. The molecule has 0 spiro atoms. The summed E-state index contributed by atoms with van der Waals surface area (Å²) >= 11 is 5.95. The molecule has 1 fully saturated rings. The van der Waals surface area contributed by atoms with Crippen LogP contribution in [0.25, 0.3) is 0 Å². The first kappa shape index (κ1) is 13.9. The van der Waals surface area contributed by atoms with Gasteiger partial charge in [-0.05, 0) is 61.3 Å². The van der Waals surface area contributed by atoms with Crippen LogP contribution in [0.2, 0.25) is 5.02 Å². The van der Waals surface area contributed by atoms with Crippen LogP contribution in [0.15, 0.2) is 24.3 Å². The van der Waals surface area contributed by atoms with E-state index in [1.165, 1.54) is 24.8 Å². The molecule has 0 saturated heterocycles. The summed E-state index contributed by atoms with van der Waals surface area (Å²) in [5.74, 6) is 0.900. The fourth-order valence-corrected chi connectivity index (χ4v) is 2.88. The van der Waals surface area contributed by atoms with Crippen LogP contribution in [-0.2, 0) is 6.42 Å². The summed E-state index contributed by atoms with van der Waals surface area (Å²) in [5.41, 5.74) is 1.82. The highest BCUT2D eigenvalue weighted by atomic mass is 35.5. The summed E-state index contributed by atoms with van der Waals surface area (Å²) in [4.78, 5) is 0. The van der Waals surface area contributed by atoms with Crippen molar-refractivity contribution in [3.63, 3.8) is 0 Å². The highest BCUT2D eigenvalue weighted by Gasteiger charge is 2.40. The van der Waals surface area contributed by atoms with Gasteiger partial charge in [0.15, 0.2) is 0 Å². The normalized spacial score (nSPS) is 18.6. The Labute approximate surface area is 116 Å². The quantitative estimate of drug-likeness (QED) is 0.725. The lowest BCUT2D eigenvalue weighted by Gasteiger charge is -2.30. The molecule has 1 aromatic rings. The van der Waals surface area contributed by atoms with Crippen LogP contribution < -0.4 is 5.32 Å². The van der Waals surface area contributed by atoms with E-state index in [9.17, 15) is 0 Å². The van der Waals surface area contributed by atoms with Crippen LogP contribution in [0.4, 0.5) is 0 Å². The lowest BCUT2D eigenvalue weighted by atomic mass is 9.79. The first-order chi connectivity index (χ1) is 8.64. The van der Waals surface area contributed by atoms with E-state index < -0.39 is 0 Å². The van der Waals surface area contributed by atoms with Crippen molar-refractivity contribution in [3.8, 4) is 0 Å². The maximum atomic E-state index is 5.95. The molecule has 2 rings (SSSR count). The Bertz CT molecular complexity index is 369. The van der Waals surface area contributed by atoms with Crippen molar-refractivity contribution in [2.75, 3.05) is 13.1 Å². The van der Waals surface area contributed by atoms with Gasteiger partial charge in [-0.15, -0.1) is 0 Å². The zero-order valence-electron chi connectivity index (χ0n) is 11.5. The van der Waals surface area contributed by atoms with E-state index in [1.54, 1.807) is 0 Å². The van der Waals surface area contributed by atoms with E-state index in [2.05, 4.69) is 31.3 Å². The van der Waals surface area contributed by atoms with Crippen LogP contribution in [0.1, 0.15) is 38.7 Å². The van der Waals surface area contributed by atoms with E-state index >= 15 is 0 Å². The maximum Gasteiger partial charge on any atom is 0.0406 e. The third-order valence-corrected chi connectivity index (χ3v) is 4.29. The first-order valence-electron chi connectivity index (χ1n) is 7.09. The van der Waals surface area contributed by atoms with Gasteiger partial charge in [0, 0.05) is 11.6 Å². The minimum Gasteiger partial charge on any atom is -0.316 e. The first-order valence-corrected chi connectivity index (χ1v) is 7.47. The molecular weight excluding hydrogens is 242 g/mol. The predicted molar refractivity (Wildman–Crippen MR) is 79.1 cm³/mol. The zero-order chi connectivity index (χ0) is 13.0. The Balaban J connectivity index is 1.98. The Kier molecular flexibility index (Phi) is 4.69. The standard InChI is InChI=1S/C16H24ClN/c1-3-10-18-12-16(2,14-6-7-14)11-13-4-8-15(17)9-5-13/h4-5,8-9,14,18H,3,6-7,10-12H2,1-2H3. The van der Waals surface area contributed by atoms with E-state index in [1.807, 2.05) is 12.1 Å². The predicted octanol–water partition coefficient (Wildman–Crippen LogP) is 4.30. The molecule has 1 aliphatic rings. The molecule has 1 unspecified atom stereocenters. The summed E-state index contributed by atoms with van der Waals surface area (Å²) in [7, 11) is 0. The highest BCUT2D eigenvalue weighted by Crippen LogP contribution is 2.47. The summed E-state index contributed by atoms with van der Waals surface area (Å²) in [6.45, 7) is 6.92. The van der Waals surface area contributed by atoms with Gasteiger partial charge in [0.2, 0.25) is 0 Å². The van der Waals surface area contributed by atoms with Gasteiger partial charge in [-0.2, -0.15) is 0 Å². The molecule has 0 heterocycles. The monoisotopic (exact) mass is 265 g/mol. The molecule has 0 aromatic heterocycles. The maximum absolute atomic E-state index is 5.95. The largest absolute Gasteiger partial charge is 0.316 e. The van der Waals surface area contributed by atoms with Crippen molar-refractivity contribution < 1.29 is 0 Å². The lowest BCUT2D eigenvalue weighted by molar-refractivity contribution is 0.256. The van der Waals surface area contributed by atoms with Gasteiger partial charge in [0.05, 0.1) is 0 Å². The van der Waals surface area contributed by atoms with E-state index in [0.29, 0.717) is 5.41 Å². The number of hydrogen-bond acceptors (Lipinski definition) is 1. The third kappa shape index (κ3) is 3.73. The smallest absolute Gasteiger partial charge is 0.0406 e. The summed E-state index contributed by atoms with van der Waals surface area (Å²) in [5, 5.41) is 4.43. The lowest BCUT2D eigenvalue weighted by Crippen LogP contribution is -2.36. The number of benzene rings is 1. The molecule has 1 aromatic carbocycles. The zero-order valence-corrected chi connectivity index (χ0v) is 12.3. The number of halogens is 1. The van der Waals surface area contributed by atoms with Crippen LogP contribution >= 0.6 is 11.6 Å². The molecule has 1 aliphatic carbocycles. The molecule has 100 valence electrons. The molecule has 0 bridgehead atoms. The molecule has 0 amide bonds. The van der Waals surface area contributed by atoms with Gasteiger partial charge in [-0.3, -0.25) is 0 Å². The Morgan fingerprint density at radius 1 is 1.28 bits per heavy atom. The van der Waals surface area contributed by atoms with Gasteiger partial charge in [-0.1, -0.05) is 37.6 Å². The van der Waals surface area contributed by atoms with Crippen molar-refractivity contribution >= 4 is 11.6 Å². The molecular formula is C16H24ClN. The second-order valence-corrected chi connectivity index (χ2v) is 6.34. The average molecular weight is 266 g/mol. The molecule has 1 N–H and O–H groups in total. The minimum atomic E-state index is 0.406. The van der Waals surface area contributed by atoms with E-state index in [-0.39, 0.29) is 0 Å². The fourth-order valence-electron chi connectivity index (χ4n) is 2.75. The second kappa shape index (κ2) is 6.08. The molecule has 0 aliphatic heterocycles. The topological polar surface area (TPSA) is 12.0 Å². The number of nitrogens with one attached hydrogen (secondary N) is 1. The van der Waals surface area contributed by atoms with Crippen LogP contribution in [0, 0.1) is 11.3 Å². The van der Waals surface area contributed by atoms with Crippen LogP contribution in [0.5, 0.6) is 0 Å². The Hall–Kier alpha value is -0.530. The van der Waals surface area contributed by atoms with Crippen molar-refractivity contribution in [1.82, 2.24) is 5.32 Å². The van der Waals surface area contributed by atoms with Gasteiger partial charge in [-0.25, -0.2) is 0 Å². The SMILES string of the molecule is CCCNCC(C)(Cc1ccc(Cl)cc1)C1CC1. The van der Waals surface area contributed by atoms with Gasteiger partial charge >= 0.3 is 0 Å². The molecule has 0 radical (unpaired) electrons. The van der Waals surface area contributed by atoms with Crippen molar-refractivity contribution in [1.29, 1.82) is 0 Å². The molecule has 1 saturated carbocycles. The van der Waals surface area contributed by atoms with Crippen molar-refractivity contribution in [3.05, 3.63) is 34.9 Å². The van der Waals surface area contributed by atoms with Gasteiger partial charge in [0.1, 0.15) is 0 Å². The second-order valence-electron chi connectivity index (χ2n) is 5.91. The van der Waals surface area contributed by atoms with Gasteiger partial charge in [0.25, 0.3) is 0 Å². The van der Waals surface area contributed by atoms with Gasteiger partial charge < -0.3 is 5.32 Å². The fraction of sp³-hybridized carbons (Fsp3) is 0.625. The molecule has 18 heavy (non-hydrogen) atoms. The summed E-state index contributed by atoms with van der Waals surface area (Å²) in [6, 6.07) is 8.35. The number of hydrogen-bond donors (Lipinski definition) is 1. The van der Waals surface area contributed by atoms with Crippen molar-refractivity contribution in [2.24, 2.45) is 11.3 Å². The van der Waals surface area contributed by atoms with Crippen LogP contribution in [-0.4, -0.2) is 13.1 Å². The number of rotatable bonds is 7. The molecule has 1 atom stereocenters. The van der Waals surface area contributed by atoms with Crippen molar-refractivity contribution in [2.45, 2.75) is 39.5 Å². The highest BCUT2D eigenvalue weighted by molar-refractivity contribution is 6.30. The minimum absolute atomic E-state index is 0.406. The van der Waals surface area contributed by atoms with Crippen LogP contribution in [0.3, 0.4) is 0 Å². The summed E-state index contributed by atoms with van der Waals surface area (Å²) < 4.78 is 0. The molecule has 2 heteroatoms. The average Bonchev–Trinajstić information content (AvgIpc) is 3.17. The van der Waals surface area contributed by atoms with E-state index in [4.69, 9.17) is 11.6 Å².